The zero-order valence-electron chi connectivity index (χ0n) is 9.42. The van der Waals surface area contributed by atoms with Crippen molar-refractivity contribution in [1.82, 2.24) is 9.97 Å². The molecule has 6 heteroatoms. The molecule has 0 aliphatic heterocycles. The maximum absolute atomic E-state index is 8.88. The Morgan fingerprint density at radius 1 is 1.17 bits per heavy atom. The van der Waals surface area contributed by atoms with Crippen LogP contribution >= 0.6 is 11.6 Å². The average molecular weight is 262 g/mol. The van der Waals surface area contributed by atoms with E-state index in [9.17, 15) is 0 Å². The van der Waals surface area contributed by atoms with E-state index in [-0.39, 0.29) is 5.15 Å². The number of halogens is 1. The lowest BCUT2D eigenvalue weighted by Crippen LogP contribution is -1.91. The van der Waals surface area contributed by atoms with Crippen LogP contribution in [-0.2, 0) is 0 Å². The van der Waals surface area contributed by atoms with Crippen molar-refractivity contribution < 1.29 is 9.47 Å². The van der Waals surface area contributed by atoms with Crippen molar-refractivity contribution in [3.8, 4) is 23.4 Å². The van der Waals surface area contributed by atoms with Gasteiger partial charge in [-0.25, -0.2) is 9.97 Å². The zero-order valence-corrected chi connectivity index (χ0v) is 10.2. The Morgan fingerprint density at radius 2 is 1.94 bits per heavy atom. The molecule has 5 nitrogen and oxygen atoms in total. The summed E-state index contributed by atoms with van der Waals surface area (Å²) >= 11 is 5.72. The first kappa shape index (κ1) is 12.1. The first-order valence-electron chi connectivity index (χ1n) is 4.96. The zero-order chi connectivity index (χ0) is 13.0. The average Bonchev–Trinajstić information content (AvgIpc) is 2.38. The highest BCUT2D eigenvalue weighted by molar-refractivity contribution is 6.29. The van der Waals surface area contributed by atoms with Crippen LogP contribution in [0, 0.1) is 11.3 Å². The quantitative estimate of drug-likeness (QED) is 0.795. The fraction of sp³-hybridized carbons (Fsp3) is 0.0833. The van der Waals surface area contributed by atoms with Gasteiger partial charge < -0.3 is 9.47 Å². The third-order valence-electron chi connectivity index (χ3n) is 2.08. The molecule has 0 fully saturated rings. The third kappa shape index (κ3) is 2.87. The maximum atomic E-state index is 8.88. The molecule has 0 atom stereocenters. The third-order valence-corrected chi connectivity index (χ3v) is 2.28. The molecule has 90 valence electrons. The smallest absolute Gasteiger partial charge is 0.223 e. The molecule has 2 rings (SSSR count). The Bertz CT molecular complexity index is 611. The lowest BCUT2D eigenvalue weighted by atomic mass is 10.2. The Morgan fingerprint density at radius 3 is 2.61 bits per heavy atom. The van der Waals surface area contributed by atoms with Gasteiger partial charge in [-0.15, -0.1) is 0 Å². The molecular formula is C12H8ClN3O2. The summed E-state index contributed by atoms with van der Waals surface area (Å²) in [5, 5.41) is 9.17. The van der Waals surface area contributed by atoms with Gasteiger partial charge in [0.25, 0.3) is 0 Å². The number of hydrogen-bond donors (Lipinski definition) is 0. The van der Waals surface area contributed by atoms with Crippen molar-refractivity contribution in [2.75, 3.05) is 7.11 Å². The van der Waals surface area contributed by atoms with Gasteiger partial charge in [-0.1, -0.05) is 11.6 Å². The second-order valence-corrected chi connectivity index (χ2v) is 3.68. The predicted molar refractivity (Wildman–Crippen MR) is 64.8 cm³/mol. The lowest BCUT2D eigenvalue weighted by molar-refractivity contribution is 0.407. The van der Waals surface area contributed by atoms with Crippen molar-refractivity contribution in [3.63, 3.8) is 0 Å². The van der Waals surface area contributed by atoms with Crippen molar-refractivity contribution >= 4 is 11.6 Å². The number of aromatic nitrogens is 2. The SMILES string of the molecule is COc1cc(C#N)cc(Oc2cc(Cl)ncn2)c1. The van der Waals surface area contributed by atoms with E-state index in [1.807, 2.05) is 6.07 Å². The number of nitriles is 1. The van der Waals surface area contributed by atoms with Crippen LogP contribution in [0.4, 0.5) is 0 Å². The van der Waals surface area contributed by atoms with E-state index in [2.05, 4.69) is 9.97 Å². The monoisotopic (exact) mass is 261 g/mol. The van der Waals surface area contributed by atoms with Gasteiger partial charge in [-0.3, -0.25) is 0 Å². The highest BCUT2D eigenvalue weighted by atomic mass is 35.5. The van der Waals surface area contributed by atoms with Crippen LogP contribution in [0.25, 0.3) is 0 Å². The molecule has 0 radical (unpaired) electrons. The van der Waals surface area contributed by atoms with Crippen molar-refractivity contribution in [2.45, 2.75) is 0 Å². The van der Waals surface area contributed by atoms with E-state index in [0.717, 1.165) is 0 Å². The molecule has 0 aliphatic carbocycles. The molecular weight excluding hydrogens is 254 g/mol. The Balaban J connectivity index is 2.31. The van der Waals surface area contributed by atoms with Crippen LogP contribution in [-0.4, -0.2) is 17.1 Å². The van der Waals surface area contributed by atoms with E-state index < -0.39 is 0 Å². The summed E-state index contributed by atoms with van der Waals surface area (Å²) in [6.07, 6.45) is 1.29. The van der Waals surface area contributed by atoms with Crippen LogP contribution < -0.4 is 9.47 Å². The minimum atomic E-state index is 0.281. The summed E-state index contributed by atoms with van der Waals surface area (Å²) in [4.78, 5) is 7.65. The summed E-state index contributed by atoms with van der Waals surface area (Å²) in [6.45, 7) is 0. The van der Waals surface area contributed by atoms with Crippen molar-refractivity contribution in [2.24, 2.45) is 0 Å². The summed E-state index contributed by atoms with van der Waals surface area (Å²) in [5.41, 5.74) is 0.435. The molecule has 0 amide bonds. The summed E-state index contributed by atoms with van der Waals surface area (Å²) in [5.74, 6) is 1.28. The number of nitrogens with zero attached hydrogens (tertiary/aromatic N) is 3. The van der Waals surface area contributed by atoms with Gasteiger partial charge in [-0.2, -0.15) is 5.26 Å². The minimum absolute atomic E-state index is 0.281. The highest BCUT2D eigenvalue weighted by Gasteiger charge is 2.05. The van der Waals surface area contributed by atoms with Crippen LogP contribution in [0.2, 0.25) is 5.15 Å². The topological polar surface area (TPSA) is 68.0 Å². The molecule has 0 N–H and O–H groups in total. The fourth-order valence-electron chi connectivity index (χ4n) is 1.31. The number of methoxy groups -OCH3 is 1. The molecule has 18 heavy (non-hydrogen) atoms. The minimum Gasteiger partial charge on any atom is -0.497 e. The summed E-state index contributed by atoms with van der Waals surface area (Å²) in [7, 11) is 1.52. The van der Waals surface area contributed by atoms with Crippen LogP contribution in [0.15, 0.2) is 30.6 Å². The first-order chi connectivity index (χ1) is 8.71. The maximum Gasteiger partial charge on any atom is 0.223 e. The second-order valence-electron chi connectivity index (χ2n) is 3.29. The summed E-state index contributed by atoms with van der Waals surface area (Å²) in [6, 6.07) is 8.34. The van der Waals surface area contributed by atoms with Gasteiger partial charge in [0, 0.05) is 12.1 Å². The molecule has 0 saturated heterocycles. The van der Waals surface area contributed by atoms with Crippen molar-refractivity contribution in [3.05, 3.63) is 41.3 Å². The standard InChI is InChI=1S/C12H8ClN3O2/c1-17-9-2-8(6-14)3-10(4-9)18-12-5-11(13)15-7-16-12/h2-5,7H,1H3. The van der Waals surface area contributed by atoms with Crippen LogP contribution in [0.1, 0.15) is 5.56 Å². The van der Waals surface area contributed by atoms with E-state index >= 15 is 0 Å². The Labute approximate surface area is 109 Å². The molecule has 0 bridgehead atoms. The Kier molecular flexibility index (Phi) is 3.60. The van der Waals surface area contributed by atoms with Gasteiger partial charge in [0.05, 0.1) is 18.7 Å². The van der Waals surface area contributed by atoms with Crippen LogP contribution in [0.5, 0.6) is 17.4 Å². The van der Waals surface area contributed by atoms with Crippen molar-refractivity contribution in [1.29, 1.82) is 5.26 Å². The van der Waals surface area contributed by atoms with E-state index in [4.69, 9.17) is 26.3 Å². The van der Waals surface area contributed by atoms with Gasteiger partial charge >= 0.3 is 0 Å². The van der Waals surface area contributed by atoms with Gasteiger partial charge in [0.2, 0.25) is 5.88 Å². The van der Waals surface area contributed by atoms with Gasteiger partial charge in [0.1, 0.15) is 23.0 Å². The number of benzene rings is 1. The lowest BCUT2D eigenvalue weighted by Gasteiger charge is -2.07. The molecule has 1 aromatic carbocycles. The first-order valence-corrected chi connectivity index (χ1v) is 5.33. The Hall–Kier alpha value is -2.32. The molecule has 2 aromatic rings. The molecule has 1 aromatic heterocycles. The normalized spacial score (nSPS) is 9.61. The molecule has 1 heterocycles. The highest BCUT2D eigenvalue weighted by Crippen LogP contribution is 2.26. The second kappa shape index (κ2) is 5.34. The van der Waals surface area contributed by atoms with Gasteiger partial charge in [0.15, 0.2) is 0 Å². The van der Waals surface area contributed by atoms with E-state index in [1.54, 1.807) is 18.2 Å². The molecule has 0 unspecified atom stereocenters. The van der Waals surface area contributed by atoms with E-state index in [0.29, 0.717) is 22.9 Å². The number of ether oxygens (including phenoxy) is 2. The van der Waals surface area contributed by atoms with E-state index in [1.165, 1.54) is 19.5 Å². The number of hydrogen-bond acceptors (Lipinski definition) is 5. The van der Waals surface area contributed by atoms with Gasteiger partial charge in [-0.05, 0) is 12.1 Å². The van der Waals surface area contributed by atoms with Crippen LogP contribution in [0.3, 0.4) is 0 Å². The fourth-order valence-corrected chi connectivity index (χ4v) is 1.44. The number of rotatable bonds is 3. The molecule has 0 spiro atoms. The largest absolute Gasteiger partial charge is 0.497 e. The predicted octanol–water partition coefficient (Wildman–Crippen LogP) is 2.80. The summed E-state index contributed by atoms with van der Waals surface area (Å²) < 4.78 is 10.5. The molecule has 0 aliphatic rings. The molecule has 0 saturated carbocycles.